The molecule has 0 radical (unpaired) electrons. The average Bonchev–Trinajstić information content (AvgIpc) is 2.78. The first-order valence-corrected chi connectivity index (χ1v) is 5.48. The summed E-state index contributed by atoms with van der Waals surface area (Å²) in [6, 6.07) is 5.69. The van der Waals surface area contributed by atoms with Crippen molar-refractivity contribution in [2.45, 2.75) is 13.0 Å². The normalized spacial score (nSPS) is 12.4. The van der Waals surface area contributed by atoms with E-state index in [1.807, 2.05) is 32.2 Å². The minimum atomic E-state index is -0.0232. The summed E-state index contributed by atoms with van der Waals surface area (Å²) in [4.78, 5) is 4.39. The molecule has 4 heteroatoms. The van der Waals surface area contributed by atoms with Crippen molar-refractivity contribution in [2.75, 3.05) is 14.2 Å². The largest absolute Gasteiger partial charge is 0.495 e. The van der Waals surface area contributed by atoms with Gasteiger partial charge in [-0.15, -0.1) is 0 Å². The van der Waals surface area contributed by atoms with Crippen LogP contribution in [0.5, 0.6) is 5.75 Å². The molecule has 2 aromatic rings. The van der Waals surface area contributed by atoms with Gasteiger partial charge in [-0.05, 0) is 32.2 Å². The number of hydrogen-bond donors (Lipinski definition) is 1. The van der Waals surface area contributed by atoms with E-state index >= 15 is 0 Å². The summed E-state index contributed by atoms with van der Waals surface area (Å²) >= 11 is 0. The first kappa shape index (κ1) is 11.7. The van der Waals surface area contributed by atoms with E-state index in [2.05, 4.69) is 10.3 Å². The van der Waals surface area contributed by atoms with Crippen molar-refractivity contribution < 1.29 is 9.15 Å². The molecule has 0 bridgehead atoms. The molecule has 1 unspecified atom stereocenters. The van der Waals surface area contributed by atoms with E-state index in [-0.39, 0.29) is 6.04 Å². The highest BCUT2D eigenvalue weighted by Crippen LogP contribution is 2.29. The molecule has 0 aromatic carbocycles. The molecule has 4 nitrogen and oxygen atoms in total. The third-order valence-electron chi connectivity index (χ3n) is 2.79. The Hall–Kier alpha value is -1.81. The Balaban J connectivity index is 2.46. The maximum Gasteiger partial charge on any atom is 0.142 e. The molecule has 1 atom stereocenters. The molecule has 0 fully saturated rings. The SMILES string of the molecule is CNC(c1ccoc1C)c1ncccc1OC. The average molecular weight is 232 g/mol. The van der Waals surface area contributed by atoms with Crippen molar-refractivity contribution in [1.29, 1.82) is 0 Å². The summed E-state index contributed by atoms with van der Waals surface area (Å²) in [5.74, 6) is 1.66. The van der Waals surface area contributed by atoms with E-state index < -0.39 is 0 Å². The second-order valence-electron chi connectivity index (χ2n) is 3.74. The fraction of sp³-hybridized carbons (Fsp3) is 0.308. The number of hydrogen-bond acceptors (Lipinski definition) is 4. The van der Waals surface area contributed by atoms with Crippen LogP contribution in [0.1, 0.15) is 23.1 Å². The summed E-state index contributed by atoms with van der Waals surface area (Å²) in [5, 5.41) is 3.23. The number of pyridine rings is 1. The van der Waals surface area contributed by atoms with Crippen LogP contribution in [0.25, 0.3) is 0 Å². The highest BCUT2D eigenvalue weighted by atomic mass is 16.5. The maximum atomic E-state index is 5.33. The molecule has 17 heavy (non-hydrogen) atoms. The molecule has 0 saturated carbocycles. The van der Waals surface area contributed by atoms with Crippen LogP contribution in [0, 0.1) is 6.92 Å². The Morgan fingerprint density at radius 2 is 2.24 bits per heavy atom. The second kappa shape index (κ2) is 5.01. The Labute approximate surface area is 101 Å². The molecular formula is C13H16N2O2. The van der Waals surface area contributed by atoms with Gasteiger partial charge in [0.1, 0.15) is 17.2 Å². The van der Waals surface area contributed by atoms with E-state index in [0.29, 0.717) is 0 Å². The standard InChI is InChI=1S/C13H16N2O2/c1-9-10(6-8-17-9)12(14-2)13-11(16-3)5-4-7-15-13/h4-8,12,14H,1-3H3. The summed E-state index contributed by atoms with van der Waals surface area (Å²) in [5.41, 5.74) is 1.94. The predicted molar refractivity (Wildman–Crippen MR) is 65.1 cm³/mol. The summed E-state index contributed by atoms with van der Waals surface area (Å²) in [6.45, 7) is 1.94. The van der Waals surface area contributed by atoms with Gasteiger partial charge in [0, 0.05) is 11.8 Å². The van der Waals surface area contributed by atoms with Crippen LogP contribution in [-0.4, -0.2) is 19.1 Å². The van der Waals surface area contributed by atoms with E-state index in [0.717, 1.165) is 22.8 Å². The number of aromatic nitrogens is 1. The van der Waals surface area contributed by atoms with Crippen LogP contribution < -0.4 is 10.1 Å². The highest BCUT2D eigenvalue weighted by Gasteiger charge is 2.20. The van der Waals surface area contributed by atoms with Gasteiger partial charge in [-0.3, -0.25) is 4.98 Å². The van der Waals surface area contributed by atoms with Crippen molar-refractivity contribution in [1.82, 2.24) is 10.3 Å². The summed E-state index contributed by atoms with van der Waals surface area (Å²) < 4.78 is 10.7. The Morgan fingerprint density at radius 1 is 1.41 bits per heavy atom. The molecule has 0 spiro atoms. The molecule has 90 valence electrons. The lowest BCUT2D eigenvalue weighted by Crippen LogP contribution is -2.19. The Bertz CT molecular complexity index is 494. The number of methoxy groups -OCH3 is 1. The molecule has 2 rings (SSSR count). The number of aryl methyl sites for hydroxylation is 1. The number of nitrogens with one attached hydrogen (secondary N) is 1. The topological polar surface area (TPSA) is 47.3 Å². The first-order chi connectivity index (χ1) is 8.27. The van der Waals surface area contributed by atoms with Crippen molar-refractivity contribution in [3.8, 4) is 5.75 Å². The van der Waals surface area contributed by atoms with Crippen LogP contribution in [0.4, 0.5) is 0 Å². The van der Waals surface area contributed by atoms with Crippen LogP contribution in [0.2, 0.25) is 0 Å². The summed E-state index contributed by atoms with van der Waals surface area (Å²) in [7, 11) is 3.54. The third kappa shape index (κ3) is 2.17. The van der Waals surface area contributed by atoms with Crippen LogP contribution in [0.15, 0.2) is 35.1 Å². The Kier molecular flexibility index (Phi) is 3.44. The lowest BCUT2D eigenvalue weighted by Gasteiger charge is -2.17. The minimum Gasteiger partial charge on any atom is -0.495 e. The zero-order valence-corrected chi connectivity index (χ0v) is 10.2. The van der Waals surface area contributed by atoms with E-state index in [1.165, 1.54) is 0 Å². The third-order valence-corrected chi connectivity index (χ3v) is 2.79. The highest BCUT2D eigenvalue weighted by molar-refractivity contribution is 5.37. The number of nitrogens with zero attached hydrogens (tertiary/aromatic N) is 1. The van der Waals surface area contributed by atoms with Crippen LogP contribution in [-0.2, 0) is 0 Å². The molecule has 1 N–H and O–H groups in total. The molecule has 0 aliphatic carbocycles. The Morgan fingerprint density at radius 3 is 2.82 bits per heavy atom. The molecule has 2 aromatic heterocycles. The molecule has 0 aliphatic heterocycles. The van der Waals surface area contributed by atoms with Crippen molar-refractivity contribution in [2.24, 2.45) is 0 Å². The lowest BCUT2D eigenvalue weighted by atomic mass is 10.0. The van der Waals surface area contributed by atoms with Gasteiger partial charge < -0.3 is 14.5 Å². The maximum absolute atomic E-state index is 5.33. The van der Waals surface area contributed by atoms with Gasteiger partial charge >= 0.3 is 0 Å². The fourth-order valence-corrected chi connectivity index (χ4v) is 1.93. The monoisotopic (exact) mass is 232 g/mol. The van der Waals surface area contributed by atoms with Crippen LogP contribution >= 0.6 is 0 Å². The molecule has 0 aliphatic rings. The first-order valence-electron chi connectivity index (χ1n) is 5.48. The predicted octanol–water partition coefficient (Wildman–Crippen LogP) is 2.30. The van der Waals surface area contributed by atoms with Gasteiger partial charge in [0.25, 0.3) is 0 Å². The summed E-state index contributed by atoms with van der Waals surface area (Å²) in [6.07, 6.45) is 3.45. The number of rotatable bonds is 4. The smallest absolute Gasteiger partial charge is 0.142 e. The van der Waals surface area contributed by atoms with Gasteiger partial charge in [0.05, 0.1) is 19.4 Å². The van der Waals surface area contributed by atoms with E-state index in [4.69, 9.17) is 9.15 Å². The van der Waals surface area contributed by atoms with Gasteiger partial charge in [0.2, 0.25) is 0 Å². The fourth-order valence-electron chi connectivity index (χ4n) is 1.93. The zero-order chi connectivity index (χ0) is 12.3. The molecule has 2 heterocycles. The molecule has 0 saturated heterocycles. The van der Waals surface area contributed by atoms with E-state index in [9.17, 15) is 0 Å². The van der Waals surface area contributed by atoms with E-state index in [1.54, 1.807) is 19.6 Å². The number of furan rings is 1. The zero-order valence-electron chi connectivity index (χ0n) is 10.2. The van der Waals surface area contributed by atoms with Crippen molar-refractivity contribution in [3.05, 3.63) is 47.7 Å². The number of ether oxygens (including phenoxy) is 1. The van der Waals surface area contributed by atoms with Crippen LogP contribution in [0.3, 0.4) is 0 Å². The second-order valence-corrected chi connectivity index (χ2v) is 3.74. The minimum absolute atomic E-state index is 0.0232. The van der Waals surface area contributed by atoms with Gasteiger partial charge in [-0.1, -0.05) is 0 Å². The van der Waals surface area contributed by atoms with Gasteiger partial charge in [-0.25, -0.2) is 0 Å². The molecular weight excluding hydrogens is 216 g/mol. The van der Waals surface area contributed by atoms with Crippen molar-refractivity contribution in [3.63, 3.8) is 0 Å². The van der Waals surface area contributed by atoms with Gasteiger partial charge in [-0.2, -0.15) is 0 Å². The lowest BCUT2D eigenvalue weighted by molar-refractivity contribution is 0.401. The van der Waals surface area contributed by atoms with Gasteiger partial charge in [0.15, 0.2) is 0 Å². The van der Waals surface area contributed by atoms with Crippen molar-refractivity contribution >= 4 is 0 Å². The molecule has 0 amide bonds. The quantitative estimate of drug-likeness (QED) is 0.878.